The van der Waals surface area contributed by atoms with Crippen molar-refractivity contribution >= 4 is 24.4 Å². The van der Waals surface area contributed by atoms with Crippen LogP contribution < -0.4 is 11.2 Å². The molecule has 0 saturated carbocycles. The molecule has 2 fully saturated rings. The Hall–Kier alpha value is -1.77. The Balaban J connectivity index is 1.73. The van der Waals surface area contributed by atoms with Crippen LogP contribution in [-0.2, 0) is 20.6 Å². The fourth-order valence-corrected chi connectivity index (χ4v) is 4.15. The van der Waals surface area contributed by atoms with Crippen molar-refractivity contribution in [2.24, 2.45) is 0 Å². The van der Waals surface area contributed by atoms with Gasteiger partial charge in [0.1, 0.15) is 5.60 Å². The maximum Gasteiger partial charge on any atom is 0.495 e. The highest BCUT2D eigenvalue weighted by atomic mass is 16.7. The van der Waals surface area contributed by atoms with Gasteiger partial charge in [-0.2, -0.15) is 0 Å². The Morgan fingerprint density at radius 3 is 2.09 bits per heavy atom. The fraction of sp³-hybridized carbons (Fsp3) is 0.708. The van der Waals surface area contributed by atoms with E-state index < -0.39 is 23.9 Å². The number of ether oxygens (including phenoxy) is 1. The van der Waals surface area contributed by atoms with E-state index in [4.69, 9.17) is 19.8 Å². The van der Waals surface area contributed by atoms with Crippen molar-refractivity contribution in [1.82, 2.24) is 9.80 Å². The second-order valence-electron chi connectivity index (χ2n) is 11.1. The number of nitrogens with two attached hydrogens (primary N) is 1. The number of piperazine rings is 1. The first-order valence-electron chi connectivity index (χ1n) is 11.6. The Kier molecular flexibility index (Phi) is 6.64. The first kappa shape index (κ1) is 24.9. The second kappa shape index (κ2) is 8.54. The second-order valence-corrected chi connectivity index (χ2v) is 11.1. The molecule has 0 aromatic heterocycles. The summed E-state index contributed by atoms with van der Waals surface area (Å²) in [6.07, 6.45) is -0.240. The third-order valence-corrected chi connectivity index (χ3v) is 6.96. The van der Waals surface area contributed by atoms with Gasteiger partial charge in [0.15, 0.2) is 0 Å². The first-order chi connectivity index (χ1) is 14.6. The molecule has 178 valence electrons. The highest BCUT2D eigenvalue weighted by Crippen LogP contribution is 2.37. The molecule has 32 heavy (non-hydrogen) atoms. The van der Waals surface area contributed by atoms with Gasteiger partial charge in [-0.05, 0) is 90.5 Å². The minimum Gasteiger partial charge on any atom is -0.444 e. The van der Waals surface area contributed by atoms with Crippen molar-refractivity contribution < 1.29 is 18.8 Å². The first-order valence-corrected chi connectivity index (χ1v) is 11.6. The van der Waals surface area contributed by atoms with E-state index in [9.17, 15) is 4.79 Å². The quantitative estimate of drug-likeness (QED) is 0.569. The van der Waals surface area contributed by atoms with E-state index in [0.717, 1.165) is 41.9 Å². The van der Waals surface area contributed by atoms with Gasteiger partial charge in [0.2, 0.25) is 0 Å². The van der Waals surface area contributed by atoms with E-state index in [-0.39, 0.29) is 6.09 Å². The molecule has 1 aromatic rings. The van der Waals surface area contributed by atoms with Gasteiger partial charge in [0, 0.05) is 38.4 Å². The van der Waals surface area contributed by atoms with Gasteiger partial charge in [0.05, 0.1) is 11.2 Å². The molecule has 0 bridgehead atoms. The average Bonchev–Trinajstić information content (AvgIpc) is 2.86. The Bertz CT molecular complexity index is 855. The van der Waals surface area contributed by atoms with E-state index in [1.807, 2.05) is 27.7 Å². The molecule has 2 heterocycles. The van der Waals surface area contributed by atoms with E-state index in [1.54, 1.807) is 4.90 Å². The number of carbonyl (C=O) groups excluding carboxylic acids is 1. The molecule has 3 rings (SSSR count). The highest BCUT2D eigenvalue weighted by molar-refractivity contribution is 6.63. The number of amides is 1. The average molecular weight is 445 g/mol. The van der Waals surface area contributed by atoms with E-state index >= 15 is 0 Å². The highest BCUT2D eigenvalue weighted by Gasteiger charge is 2.52. The summed E-state index contributed by atoms with van der Waals surface area (Å²) in [4.78, 5) is 16.5. The number of rotatable bonds is 3. The minimum absolute atomic E-state index is 0.240. The number of hydrogen-bond donors (Lipinski definition) is 1. The lowest BCUT2D eigenvalue weighted by Gasteiger charge is -2.36. The van der Waals surface area contributed by atoms with Crippen molar-refractivity contribution in [3.63, 3.8) is 0 Å². The molecule has 0 unspecified atom stereocenters. The lowest BCUT2D eigenvalue weighted by atomic mass is 9.71. The van der Waals surface area contributed by atoms with Gasteiger partial charge in [-0.15, -0.1) is 0 Å². The van der Waals surface area contributed by atoms with Crippen LogP contribution in [0.2, 0.25) is 0 Å². The number of nitrogen functional groups attached to an aromatic ring is 1. The van der Waals surface area contributed by atoms with Crippen LogP contribution in [0.1, 0.15) is 65.2 Å². The van der Waals surface area contributed by atoms with Gasteiger partial charge in [0.25, 0.3) is 0 Å². The maximum atomic E-state index is 12.4. The molecule has 2 saturated heterocycles. The van der Waals surface area contributed by atoms with Crippen LogP contribution in [0.5, 0.6) is 0 Å². The van der Waals surface area contributed by atoms with Gasteiger partial charge in [-0.25, -0.2) is 4.79 Å². The largest absolute Gasteiger partial charge is 0.495 e. The monoisotopic (exact) mass is 445 g/mol. The normalized spacial score (nSPS) is 21.2. The van der Waals surface area contributed by atoms with Crippen molar-refractivity contribution in [1.29, 1.82) is 0 Å². The third kappa shape index (κ3) is 5.08. The minimum atomic E-state index is -0.478. The van der Waals surface area contributed by atoms with Crippen molar-refractivity contribution in [2.75, 3.05) is 31.9 Å². The van der Waals surface area contributed by atoms with Gasteiger partial charge >= 0.3 is 13.2 Å². The van der Waals surface area contributed by atoms with Crippen LogP contribution in [0.4, 0.5) is 10.5 Å². The number of benzene rings is 1. The topological polar surface area (TPSA) is 77.3 Å². The molecular formula is C24H40BN3O4. The zero-order valence-electron chi connectivity index (χ0n) is 21.3. The Labute approximate surface area is 193 Å². The van der Waals surface area contributed by atoms with Gasteiger partial charge < -0.3 is 24.7 Å². The summed E-state index contributed by atoms with van der Waals surface area (Å²) in [5.74, 6) is 0. The van der Waals surface area contributed by atoms with Crippen molar-refractivity contribution in [2.45, 2.75) is 85.7 Å². The van der Waals surface area contributed by atoms with Crippen LogP contribution in [-0.4, -0.2) is 66.0 Å². The molecule has 0 aliphatic carbocycles. The van der Waals surface area contributed by atoms with Crippen LogP contribution in [0, 0.1) is 13.8 Å². The lowest BCUT2D eigenvalue weighted by Crippen LogP contribution is -2.49. The zero-order valence-corrected chi connectivity index (χ0v) is 21.3. The molecule has 0 atom stereocenters. The summed E-state index contributed by atoms with van der Waals surface area (Å²) in [7, 11) is -0.439. The standard InChI is InChI=1S/C24H40BN3O4/c1-16-18(15-27-10-12-28(13-11-27)21(29)30-22(3,4)5)14-19(26)17(2)20(16)25-31-23(6,7)24(8,9)32-25/h14H,10-13,15,26H2,1-9H3. The molecular weight excluding hydrogens is 405 g/mol. The smallest absolute Gasteiger partial charge is 0.444 e. The van der Waals surface area contributed by atoms with Crippen LogP contribution in [0.25, 0.3) is 0 Å². The Morgan fingerprint density at radius 1 is 1.06 bits per heavy atom. The number of carbonyl (C=O) groups is 1. The number of nitrogens with zero attached hydrogens (tertiary/aromatic N) is 2. The van der Waals surface area contributed by atoms with Crippen LogP contribution in [0.15, 0.2) is 6.07 Å². The summed E-state index contributed by atoms with van der Waals surface area (Å²) in [5, 5.41) is 0. The zero-order chi connectivity index (χ0) is 24.1. The molecule has 2 N–H and O–H groups in total. The molecule has 2 aliphatic heterocycles. The maximum absolute atomic E-state index is 12.4. The third-order valence-electron chi connectivity index (χ3n) is 6.96. The summed E-state index contributed by atoms with van der Waals surface area (Å²) < 4.78 is 18.2. The molecule has 0 spiro atoms. The fourth-order valence-electron chi connectivity index (χ4n) is 4.15. The van der Waals surface area contributed by atoms with E-state index in [0.29, 0.717) is 13.1 Å². The summed E-state index contributed by atoms with van der Waals surface area (Å²) in [5.41, 5.74) is 10.3. The van der Waals surface area contributed by atoms with Gasteiger partial charge in [-0.3, -0.25) is 4.90 Å². The predicted octanol–water partition coefficient (Wildman–Crippen LogP) is 3.24. The van der Waals surface area contributed by atoms with Crippen molar-refractivity contribution in [3.05, 3.63) is 22.8 Å². The molecule has 1 aromatic carbocycles. The molecule has 1 amide bonds. The van der Waals surface area contributed by atoms with Crippen molar-refractivity contribution in [3.8, 4) is 0 Å². The Morgan fingerprint density at radius 2 is 1.59 bits per heavy atom. The molecule has 8 heteroatoms. The van der Waals surface area contributed by atoms with Gasteiger partial charge in [-0.1, -0.05) is 0 Å². The summed E-state index contributed by atoms with van der Waals surface area (Å²) in [6.45, 7) is 21.7. The SMILES string of the molecule is Cc1c(N)cc(CN2CCN(C(=O)OC(C)(C)C)CC2)c(C)c1B1OC(C)(C)C(C)(C)O1. The summed E-state index contributed by atoms with van der Waals surface area (Å²) >= 11 is 0. The molecule has 7 nitrogen and oxygen atoms in total. The van der Waals surface area contributed by atoms with E-state index in [1.165, 1.54) is 5.56 Å². The lowest BCUT2D eigenvalue weighted by molar-refractivity contribution is 0.00578. The van der Waals surface area contributed by atoms with Crippen LogP contribution >= 0.6 is 0 Å². The van der Waals surface area contributed by atoms with E-state index in [2.05, 4.69) is 45.6 Å². The van der Waals surface area contributed by atoms with Crippen LogP contribution in [0.3, 0.4) is 0 Å². The number of anilines is 1. The summed E-state index contributed by atoms with van der Waals surface area (Å²) in [6, 6.07) is 2.07. The predicted molar refractivity (Wildman–Crippen MR) is 129 cm³/mol. The number of hydrogen-bond acceptors (Lipinski definition) is 6. The molecule has 2 aliphatic rings. The molecule has 0 radical (unpaired) electrons.